The molecule has 0 aliphatic carbocycles. The van der Waals surface area contributed by atoms with E-state index in [1.807, 2.05) is 24.1 Å². The summed E-state index contributed by atoms with van der Waals surface area (Å²) in [7, 11) is 1.82. The van der Waals surface area contributed by atoms with Crippen LogP contribution in [0.1, 0.15) is 44.6 Å². The van der Waals surface area contributed by atoms with Crippen LogP contribution < -0.4 is 15.5 Å². The quantitative estimate of drug-likeness (QED) is 0.560. The minimum atomic E-state index is 0.232. The zero-order chi connectivity index (χ0) is 19.8. The first-order valence-electron chi connectivity index (χ1n) is 10.8. The van der Waals surface area contributed by atoms with Crippen LogP contribution in [-0.4, -0.2) is 56.5 Å². The highest BCUT2D eigenvalue weighted by atomic mass is 16.2. The third-order valence-electron chi connectivity index (χ3n) is 6.00. The van der Waals surface area contributed by atoms with Crippen molar-refractivity contribution in [1.82, 2.24) is 15.5 Å². The number of carbonyl (C=O) groups is 1. The molecule has 2 aliphatic rings. The number of hydrogen-bond donors (Lipinski definition) is 2. The van der Waals surface area contributed by atoms with Crippen LogP contribution in [0.15, 0.2) is 29.3 Å². The minimum Gasteiger partial charge on any atom is -0.356 e. The number of hydrogen-bond acceptors (Lipinski definition) is 3. The molecule has 6 nitrogen and oxygen atoms in total. The van der Waals surface area contributed by atoms with Crippen molar-refractivity contribution >= 4 is 17.6 Å². The van der Waals surface area contributed by atoms with E-state index in [0.29, 0.717) is 6.42 Å². The highest BCUT2D eigenvalue weighted by Crippen LogP contribution is 2.21. The first-order chi connectivity index (χ1) is 13.7. The second kappa shape index (κ2) is 10.5. The normalized spacial score (nSPS) is 19.3. The third kappa shape index (κ3) is 5.71. The van der Waals surface area contributed by atoms with Gasteiger partial charge in [-0.15, -0.1) is 0 Å². The lowest BCUT2D eigenvalue weighted by atomic mass is 9.93. The van der Waals surface area contributed by atoms with Gasteiger partial charge >= 0.3 is 0 Å². The summed E-state index contributed by atoms with van der Waals surface area (Å²) in [6.45, 7) is 8.44. The van der Waals surface area contributed by atoms with Crippen molar-refractivity contribution in [2.24, 2.45) is 10.9 Å². The fourth-order valence-corrected chi connectivity index (χ4v) is 4.11. The predicted molar refractivity (Wildman–Crippen MR) is 116 cm³/mol. The molecule has 0 bridgehead atoms. The first-order valence-corrected chi connectivity index (χ1v) is 10.8. The number of benzene rings is 1. The Bertz CT molecular complexity index is 649. The fourth-order valence-electron chi connectivity index (χ4n) is 4.11. The Morgan fingerprint density at radius 2 is 1.89 bits per heavy atom. The molecule has 2 N–H and O–H groups in total. The Morgan fingerprint density at radius 3 is 2.50 bits per heavy atom. The molecule has 1 aromatic carbocycles. The Balaban J connectivity index is 1.37. The van der Waals surface area contributed by atoms with Crippen molar-refractivity contribution in [3.05, 3.63) is 29.8 Å². The van der Waals surface area contributed by atoms with E-state index in [9.17, 15) is 4.79 Å². The van der Waals surface area contributed by atoms with Gasteiger partial charge in [-0.25, -0.2) is 0 Å². The second-order valence-electron chi connectivity index (χ2n) is 7.83. The van der Waals surface area contributed by atoms with Gasteiger partial charge in [0.15, 0.2) is 5.96 Å². The van der Waals surface area contributed by atoms with Crippen LogP contribution in [0.25, 0.3) is 0 Å². The van der Waals surface area contributed by atoms with E-state index >= 15 is 0 Å². The van der Waals surface area contributed by atoms with Crippen molar-refractivity contribution in [2.75, 3.05) is 44.7 Å². The van der Waals surface area contributed by atoms with Gasteiger partial charge in [0.2, 0.25) is 5.91 Å². The van der Waals surface area contributed by atoms with Crippen LogP contribution in [0.3, 0.4) is 0 Å². The maximum absolute atomic E-state index is 11.8. The number of nitrogens with zero attached hydrogens (tertiary/aromatic N) is 3. The summed E-state index contributed by atoms with van der Waals surface area (Å²) < 4.78 is 0. The lowest BCUT2D eigenvalue weighted by Crippen LogP contribution is -2.39. The van der Waals surface area contributed by atoms with E-state index in [2.05, 4.69) is 39.6 Å². The van der Waals surface area contributed by atoms with Crippen molar-refractivity contribution in [3.8, 4) is 0 Å². The molecule has 1 aromatic rings. The first kappa shape index (κ1) is 20.6. The van der Waals surface area contributed by atoms with Gasteiger partial charge in [0, 0.05) is 38.8 Å². The van der Waals surface area contributed by atoms with Gasteiger partial charge in [-0.2, -0.15) is 0 Å². The molecule has 2 fully saturated rings. The number of piperidine rings is 1. The number of carbonyl (C=O) groups excluding carboxylic acids is 1. The van der Waals surface area contributed by atoms with Crippen LogP contribution in [0.5, 0.6) is 0 Å². The third-order valence-corrected chi connectivity index (χ3v) is 6.00. The Morgan fingerprint density at radius 1 is 1.14 bits per heavy atom. The largest absolute Gasteiger partial charge is 0.356 e. The molecule has 0 aromatic heterocycles. The number of nitrogens with one attached hydrogen (secondary N) is 2. The summed E-state index contributed by atoms with van der Waals surface area (Å²) in [5.74, 6) is 1.91. The van der Waals surface area contributed by atoms with Gasteiger partial charge in [0.1, 0.15) is 0 Å². The van der Waals surface area contributed by atoms with E-state index in [4.69, 9.17) is 0 Å². The maximum Gasteiger partial charge on any atom is 0.227 e. The zero-order valence-corrected chi connectivity index (χ0v) is 17.4. The minimum absolute atomic E-state index is 0.232. The van der Waals surface area contributed by atoms with Gasteiger partial charge in [-0.05, 0) is 68.9 Å². The van der Waals surface area contributed by atoms with Crippen LogP contribution in [-0.2, 0) is 11.3 Å². The van der Waals surface area contributed by atoms with Gasteiger partial charge in [0.25, 0.3) is 0 Å². The van der Waals surface area contributed by atoms with Gasteiger partial charge in [0.05, 0.1) is 0 Å². The van der Waals surface area contributed by atoms with E-state index in [1.165, 1.54) is 44.5 Å². The van der Waals surface area contributed by atoms with Crippen LogP contribution in [0.4, 0.5) is 5.69 Å². The number of rotatable bonds is 7. The van der Waals surface area contributed by atoms with Crippen molar-refractivity contribution in [2.45, 2.75) is 45.6 Å². The summed E-state index contributed by atoms with van der Waals surface area (Å²) in [6.07, 6.45) is 5.46. The van der Waals surface area contributed by atoms with Gasteiger partial charge in [-0.1, -0.05) is 19.1 Å². The molecule has 2 saturated heterocycles. The molecule has 6 heteroatoms. The summed E-state index contributed by atoms with van der Waals surface area (Å²) in [4.78, 5) is 20.6. The molecular weight excluding hydrogens is 350 g/mol. The number of anilines is 1. The van der Waals surface area contributed by atoms with Gasteiger partial charge in [-0.3, -0.25) is 9.79 Å². The Kier molecular flexibility index (Phi) is 7.71. The molecule has 0 radical (unpaired) electrons. The van der Waals surface area contributed by atoms with E-state index in [1.54, 1.807) is 0 Å². The summed E-state index contributed by atoms with van der Waals surface area (Å²) >= 11 is 0. The molecule has 2 aliphatic heterocycles. The Hall–Kier alpha value is -2.08. The summed E-state index contributed by atoms with van der Waals surface area (Å²) in [5, 5.41) is 6.83. The maximum atomic E-state index is 11.8. The highest BCUT2D eigenvalue weighted by molar-refractivity contribution is 5.95. The van der Waals surface area contributed by atoms with Crippen molar-refractivity contribution in [3.63, 3.8) is 0 Å². The number of likely N-dealkylation sites (tertiary alicyclic amines) is 1. The van der Waals surface area contributed by atoms with Crippen molar-refractivity contribution < 1.29 is 4.79 Å². The molecule has 2 heterocycles. The molecule has 0 saturated carbocycles. The molecule has 0 spiro atoms. The second-order valence-corrected chi connectivity index (χ2v) is 7.83. The van der Waals surface area contributed by atoms with Crippen LogP contribution in [0.2, 0.25) is 0 Å². The molecular formula is C22H35N5O. The van der Waals surface area contributed by atoms with Crippen molar-refractivity contribution in [1.29, 1.82) is 0 Å². The van der Waals surface area contributed by atoms with Crippen LogP contribution >= 0.6 is 0 Å². The topological polar surface area (TPSA) is 60.0 Å². The lowest BCUT2D eigenvalue weighted by molar-refractivity contribution is -0.117. The summed E-state index contributed by atoms with van der Waals surface area (Å²) in [5.41, 5.74) is 2.19. The number of guanidine groups is 1. The molecule has 0 atom stereocenters. The molecule has 0 unspecified atom stereocenters. The molecule has 1 amide bonds. The smallest absolute Gasteiger partial charge is 0.227 e. The SMILES string of the molecule is CCN1CCC(CCNC(=NC)NCc2ccc(N3CCCC3=O)cc2)CC1. The van der Waals surface area contributed by atoms with Gasteiger partial charge < -0.3 is 20.4 Å². The molecule has 28 heavy (non-hydrogen) atoms. The fraction of sp³-hybridized carbons (Fsp3) is 0.636. The molecule has 3 rings (SSSR count). The predicted octanol–water partition coefficient (Wildman–Crippen LogP) is 2.60. The molecule has 154 valence electrons. The average molecular weight is 386 g/mol. The number of aliphatic imine (C=N–C) groups is 1. The van der Waals surface area contributed by atoms with E-state index in [0.717, 1.165) is 43.6 Å². The number of amides is 1. The van der Waals surface area contributed by atoms with Crippen LogP contribution in [0, 0.1) is 5.92 Å². The Labute approximate surface area is 169 Å². The monoisotopic (exact) mass is 385 g/mol. The lowest BCUT2D eigenvalue weighted by Gasteiger charge is -2.31. The average Bonchev–Trinajstić information content (AvgIpc) is 3.17. The van der Waals surface area contributed by atoms with E-state index in [-0.39, 0.29) is 5.91 Å². The highest BCUT2D eigenvalue weighted by Gasteiger charge is 2.21. The van der Waals surface area contributed by atoms with E-state index < -0.39 is 0 Å². The standard InChI is InChI=1S/C22H35N5O/c1-3-26-15-11-18(12-16-26)10-13-24-22(23-2)25-17-19-6-8-20(9-7-19)27-14-4-5-21(27)28/h6-9,18H,3-5,10-17H2,1-2H3,(H2,23,24,25). The zero-order valence-electron chi connectivity index (χ0n) is 17.4. The summed E-state index contributed by atoms with van der Waals surface area (Å²) in [6, 6.07) is 8.25.